The zero-order valence-corrected chi connectivity index (χ0v) is 7.22. The molecule has 11 heavy (non-hydrogen) atoms. The van der Waals surface area contributed by atoms with Gasteiger partial charge in [0, 0.05) is 9.86 Å². The van der Waals surface area contributed by atoms with E-state index in [-0.39, 0.29) is 0 Å². The Morgan fingerprint density at radius 3 is 3.09 bits per heavy atom. The largest absolute Gasteiger partial charge is 0.397 e. The molecule has 0 aliphatic rings. The SMILES string of the molecule is Nc1cc(Br)cc2cn[nH]c12. The van der Waals surface area contributed by atoms with Crippen molar-refractivity contribution in [2.75, 3.05) is 5.73 Å². The molecule has 0 aliphatic heterocycles. The number of nitrogen functional groups attached to an aromatic ring is 1. The predicted molar refractivity (Wildman–Crippen MR) is 48.2 cm³/mol. The van der Waals surface area contributed by atoms with E-state index in [1.54, 1.807) is 6.20 Å². The van der Waals surface area contributed by atoms with Crippen LogP contribution in [0.15, 0.2) is 22.8 Å². The summed E-state index contributed by atoms with van der Waals surface area (Å²) in [5.74, 6) is 0. The number of rotatable bonds is 0. The fourth-order valence-corrected chi connectivity index (χ4v) is 1.54. The molecule has 0 amide bonds. The van der Waals surface area contributed by atoms with Gasteiger partial charge in [-0.3, -0.25) is 5.10 Å². The number of anilines is 1. The van der Waals surface area contributed by atoms with E-state index in [4.69, 9.17) is 5.73 Å². The summed E-state index contributed by atoms with van der Waals surface area (Å²) in [5, 5.41) is 7.72. The molecule has 4 heteroatoms. The summed E-state index contributed by atoms with van der Waals surface area (Å²) in [4.78, 5) is 0. The molecule has 1 aromatic heterocycles. The molecular formula is C7H6BrN3. The van der Waals surface area contributed by atoms with Crippen molar-refractivity contribution in [3.8, 4) is 0 Å². The second kappa shape index (κ2) is 2.23. The van der Waals surface area contributed by atoms with E-state index in [2.05, 4.69) is 26.1 Å². The van der Waals surface area contributed by atoms with Crippen LogP contribution in [-0.4, -0.2) is 10.2 Å². The number of nitrogens with zero attached hydrogens (tertiary/aromatic N) is 1. The van der Waals surface area contributed by atoms with Gasteiger partial charge in [-0.2, -0.15) is 5.10 Å². The van der Waals surface area contributed by atoms with Gasteiger partial charge >= 0.3 is 0 Å². The highest BCUT2D eigenvalue weighted by molar-refractivity contribution is 9.10. The van der Waals surface area contributed by atoms with Crippen molar-refractivity contribution in [3.63, 3.8) is 0 Å². The molecule has 0 aliphatic carbocycles. The summed E-state index contributed by atoms with van der Waals surface area (Å²) in [5.41, 5.74) is 7.31. The zero-order valence-electron chi connectivity index (χ0n) is 5.63. The van der Waals surface area contributed by atoms with Crippen molar-refractivity contribution in [1.29, 1.82) is 0 Å². The van der Waals surface area contributed by atoms with E-state index in [0.717, 1.165) is 15.4 Å². The second-order valence-corrected chi connectivity index (χ2v) is 3.24. The Kier molecular flexibility index (Phi) is 1.35. The maximum absolute atomic E-state index is 5.70. The van der Waals surface area contributed by atoms with Gasteiger partial charge in [-0.15, -0.1) is 0 Å². The van der Waals surface area contributed by atoms with Crippen LogP contribution in [0.3, 0.4) is 0 Å². The highest BCUT2D eigenvalue weighted by Crippen LogP contribution is 2.23. The van der Waals surface area contributed by atoms with Crippen molar-refractivity contribution < 1.29 is 0 Å². The Bertz CT molecular complexity index is 393. The Labute approximate surface area is 71.7 Å². The van der Waals surface area contributed by atoms with Crippen LogP contribution in [0.5, 0.6) is 0 Å². The van der Waals surface area contributed by atoms with Gasteiger partial charge in [0.05, 0.1) is 17.4 Å². The lowest BCUT2D eigenvalue weighted by atomic mass is 10.2. The minimum absolute atomic E-state index is 0.715. The van der Waals surface area contributed by atoms with E-state index < -0.39 is 0 Å². The third kappa shape index (κ3) is 0.991. The molecule has 0 spiro atoms. The van der Waals surface area contributed by atoms with E-state index in [0.29, 0.717) is 5.69 Å². The van der Waals surface area contributed by atoms with Crippen molar-refractivity contribution >= 4 is 32.5 Å². The van der Waals surface area contributed by atoms with E-state index in [9.17, 15) is 0 Å². The summed E-state index contributed by atoms with van der Waals surface area (Å²) >= 11 is 3.35. The fourth-order valence-electron chi connectivity index (χ4n) is 1.05. The van der Waals surface area contributed by atoms with Crippen LogP contribution < -0.4 is 5.73 Å². The van der Waals surface area contributed by atoms with Gasteiger partial charge in [0.1, 0.15) is 0 Å². The number of hydrogen-bond donors (Lipinski definition) is 2. The van der Waals surface area contributed by atoms with Crippen LogP contribution in [-0.2, 0) is 0 Å². The maximum atomic E-state index is 5.70. The monoisotopic (exact) mass is 211 g/mol. The van der Waals surface area contributed by atoms with Crippen LogP contribution in [0.1, 0.15) is 0 Å². The minimum Gasteiger partial charge on any atom is -0.397 e. The summed E-state index contributed by atoms with van der Waals surface area (Å²) in [7, 11) is 0. The van der Waals surface area contributed by atoms with E-state index >= 15 is 0 Å². The molecule has 0 saturated carbocycles. The summed E-state index contributed by atoms with van der Waals surface area (Å²) in [6.07, 6.45) is 1.75. The van der Waals surface area contributed by atoms with Gasteiger partial charge in [-0.1, -0.05) is 15.9 Å². The van der Waals surface area contributed by atoms with Crippen molar-refractivity contribution in [2.45, 2.75) is 0 Å². The van der Waals surface area contributed by atoms with Gasteiger partial charge in [0.25, 0.3) is 0 Å². The number of halogens is 1. The highest BCUT2D eigenvalue weighted by atomic mass is 79.9. The number of aromatic nitrogens is 2. The van der Waals surface area contributed by atoms with Crippen molar-refractivity contribution in [3.05, 3.63) is 22.8 Å². The van der Waals surface area contributed by atoms with Gasteiger partial charge < -0.3 is 5.73 Å². The van der Waals surface area contributed by atoms with E-state index in [1.807, 2.05) is 12.1 Å². The maximum Gasteiger partial charge on any atom is 0.0880 e. The number of hydrogen-bond acceptors (Lipinski definition) is 2. The van der Waals surface area contributed by atoms with Crippen molar-refractivity contribution in [1.82, 2.24) is 10.2 Å². The fraction of sp³-hybridized carbons (Fsp3) is 0. The Balaban J connectivity index is 2.91. The Hall–Kier alpha value is -1.03. The molecule has 0 atom stereocenters. The lowest BCUT2D eigenvalue weighted by molar-refractivity contribution is 1.12. The van der Waals surface area contributed by atoms with Crippen LogP contribution >= 0.6 is 15.9 Å². The molecule has 0 saturated heterocycles. The summed E-state index contributed by atoms with van der Waals surface area (Å²) < 4.78 is 0.976. The smallest absolute Gasteiger partial charge is 0.0880 e. The summed E-state index contributed by atoms with van der Waals surface area (Å²) in [6.45, 7) is 0. The van der Waals surface area contributed by atoms with E-state index in [1.165, 1.54) is 0 Å². The molecule has 1 heterocycles. The molecule has 0 bridgehead atoms. The molecule has 1 aromatic carbocycles. The number of fused-ring (bicyclic) bond motifs is 1. The summed E-state index contributed by atoms with van der Waals surface area (Å²) in [6, 6.07) is 3.82. The Morgan fingerprint density at radius 1 is 1.45 bits per heavy atom. The van der Waals surface area contributed by atoms with Crippen molar-refractivity contribution in [2.24, 2.45) is 0 Å². The zero-order chi connectivity index (χ0) is 7.84. The second-order valence-electron chi connectivity index (χ2n) is 2.33. The van der Waals surface area contributed by atoms with Gasteiger partial charge in [0.2, 0.25) is 0 Å². The minimum atomic E-state index is 0.715. The standard InChI is InChI=1S/C7H6BrN3/c8-5-1-4-3-10-11-7(4)6(9)2-5/h1-3H,9H2,(H,10,11). The molecule has 0 unspecified atom stereocenters. The number of aromatic amines is 1. The molecule has 0 fully saturated rings. The third-order valence-electron chi connectivity index (χ3n) is 1.54. The third-order valence-corrected chi connectivity index (χ3v) is 2.00. The first-order valence-corrected chi connectivity index (χ1v) is 3.95. The molecule has 56 valence electrons. The first kappa shape index (κ1) is 6.67. The first-order chi connectivity index (χ1) is 5.27. The quantitative estimate of drug-likeness (QED) is 0.655. The van der Waals surface area contributed by atoms with Crippen LogP contribution in [0.25, 0.3) is 10.9 Å². The molecule has 3 N–H and O–H groups in total. The Morgan fingerprint density at radius 2 is 2.27 bits per heavy atom. The molecule has 2 aromatic rings. The molecule has 2 rings (SSSR count). The number of H-pyrrole nitrogens is 1. The molecule has 3 nitrogen and oxygen atoms in total. The van der Waals surface area contributed by atoms with Gasteiger partial charge in [0.15, 0.2) is 0 Å². The number of nitrogens with one attached hydrogen (secondary N) is 1. The van der Waals surface area contributed by atoms with Gasteiger partial charge in [-0.25, -0.2) is 0 Å². The molecular weight excluding hydrogens is 206 g/mol. The van der Waals surface area contributed by atoms with Crippen LogP contribution in [0, 0.1) is 0 Å². The normalized spacial score (nSPS) is 10.6. The predicted octanol–water partition coefficient (Wildman–Crippen LogP) is 1.91. The number of benzene rings is 1. The van der Waals surface area contributed by atoms with Crippen LogP contribution in [0.4, 0.5) is 5.69 Å². The van der Waals surface area contributed by atoms with Gasteiger partial charge in [-0.05, 0) is 12.1 Å². The number of nitrogens with two attached hydrogens (primary N) is 1. The highest BCUT2D eigenvalue weighted by Gasteiger charge is 2.00. The topological polar surface area (TPSA) is 54.7 Å². The lowest BCUT2D eigenvalue weighted by Crippen LogP contribution is -1.85. The average Bonchev–Trinajstić information content (AvgIpc) is 2.34. The average molecular weight is 212 g/mol. The van der Waals surface area contributed by atoms with Crippen LogP contribution in [0.2, 0.25) is 0 Å². The first-order valence-electron chi connectivity index (χ1n) is 3.15. The molecule has 0 radical (unpaired) electrons. The lowest BCUT2D eigenvalue weighted by Gasteiger charge is -1.95.